The average molecular weight is 571 g/mol. The zero-order valence-electron chi connectivity index (χ0n) is 28.3. The van der Waals surface area contributed by atoms with Crippen molar-refractivity contribution in [2.24, 2.45) is 11.8 Å². The van der Waals surface area contributed by atoms with Gasteiger partial charge in [-0.1, -0.05) is 90.8 Å². The summed E-state index contributed by atoms with van der Waals surface area (Å²) in [5.74, 6) is 2.09. The Balaban J connectivity index is 0.00000116. The monoisotopic (exact) mass is 570 g/mol. The van der Waals surface area contributed by atoms with E-state index in [2.05, 4.69) is 79.7 Å². The number of benzene rings is 2. The molecule has 2 aromatic rings. The zero-order valence-corrected chi connectivity index (χ0v) is 28.3. The Morgan fingerprint density at radius 3 is 2.19 bits per heavy atom. The maximum absolute atomic E-state index is 4.75. The van der Waals surface area contributed by atoms with Crippen LogP contribution in [0.3, 0.4) is 0 Å². The molecule has 0 aliphatic heterocycles. The number of rotatable bonds is 10. The van der Waals surface area contributed by atoms with Crippen molar-refractivity contribution in [3.8, 4) is 0 Å². The Morgan fingerprint density at radius 2 is 1.57 bits per heavy atom. The lowest BCUT2D eigenvalue weighted by molar-refractivity contribution is 0.323. The first-order chi connectivity index (χ1) is 20.5. The summed E-state index contributed by atoms with van der Waals surface area (Å²) in [5, 5.41) is 3.58. The zero-order chi connectivity index (χ0) is 30.5. The lowest BCUT2D eigenvalue weighted by atomic mass is 9.77. The van der Waals surface area contributed by atoms with Gasteiger partial charge in [-0.2, -0.15) is 0 Å². The summed E-state index contributed by atoms with van der Waals surface area (Å²) in [4.78, 5) is 2.63. The number of aryl methyl sites for hydroxylation is 2. The summed E-state index contributed by atoms with van der Waals surface area (Å²) in [6.45, 7) is 20.7. The second-order valence-corrected chi connectivity index (χ2v) is 12.5. The highest BCUT2D eigenvalue weighted by atomic mass is 15.1. The van der Waals surface area contributed by atoms with E-state index in [4.69, 9.17) is 6.58 Å². The van der Waals surface area contributed by atoms with Gasteiger partial charge in [0.15, 0.2) is 0 Å². The van der Waals surface area contributed by atoms with E-state index >= 15 is 0 Å². The summed E-state index contributed by atoms with van der Waals surface area (Å²) >= 11 is 0. The number of anilines is 1. The molecule has 0 radical (unpaired) electrons. The summed E-state index contributed by atoms with van der Waals surface area (Å²) in [6, 6.07) is 17.2. The largest absolute Gasteiger partial charge is 0.388 e. The van der Waals surface area contributed by atoms with Crippen molar-refractivity contribution in [2.45, 2.75) is 137 Å². The standard InChI is InChI=1S/C36H50N2.2C2H6/c1-5-30-18-19-34(22-26(30)2)32-16-14-29(15-17-32)25-38(28(4)31-10-7-6-8-11-31)36-13-9-12-33(23-36)27(3)24-37-35-20-21-35;2*1-2/h9,12-13,18-19,22-24,29,31-32,35,37H,4-8,10-11,14-17,20-21,25H2,1-3H3;2*1-2H3/b27-24+;;. The highest BCUT2D eigenvalue weighted by Gasteiger charge is 2.28. The van der Waals surface area contributed by atoms with Gasteiger partial charge in [0.05, 0.1) is 0 Å². The molecule has 3 aliphatic carbocycles. The second kappa shape index (κ2) is 17.6. The van der Waals surface area contributed by atoms with Crippen molar-refractivity contribution in [2.75, 3.05) is 11.4 Å². The maximum Gasteiger partial charge on any atom is 0.0414 e. The number of nitrogens with one attached hydrogen (secondary N) is 1. The minimum absolute atomic E-state index is 0.636. The van der Waals surface area contributed by atoms with Crippen LogP contribution >= 0.6 is 0 Å². The topological polar surface area (TPSA) is 15.3 Å². The fraction of sp³-hybridized carbons (Fsp3) is 0.600. The maximum atomic E-state index is 4.75. The molecule has 0 bridgehead atoms. The van der Waals surface area contributed by atoms with Gasteiger partial charge in [-0.15, -0.1) is 0 Å². The first-order valence-electron chi connectivity index (χ1n) is 17.6. The number of allylic oxidation sites excluding steroid dienone is 2. The molecular formula is C40H62N2. The van der Waals surface area contributed by atoms with Crippen LogP contribution in [-0.2, 0) is 6.42 Å². The van der Waals surface area contributed by atoms with Crippen molar-refractivity contribution in [1.29, 1.82) is 0 Å². The van der Waals surface area contributed by atoms with E-state index in [1.54, 1.807) is 5.56 Å². The SMILES string of the molecule is C=C(C1CCCCC1)N(CC1CCC(c2ccc(CC)c(C)c2)CC1)c1cccc(/C(C)=C/NC2CC2)c1.CC.CC. The van der Waals surface area contributed by atoms with Crippen LogP contribution in [0, 0.1) is 18.8 Å². The molecule has 5 rings (SSSR count). The third kappa shape index (κ3) is 9.51. The van der Waals surface area contributed by atoms with Crippen molar-refractivity contribution >= 4 is 11.3 Å². The summed E-state index contributed by atoms with van der Waals surface area (Å²) in [6.07, 6.45) is 18.0. The van der Waals surface area contributed by atoms with Crippen molar-refractivity contribution in [3.63, 3.8) is 0 Å². The van der Waals surface area contributed by atoms with E-state index in [-0.39, 0.29) is 0 Å². The van der Waals surface area contributed by atoms with Crippen molar-refractivity contribution in [1.82, 2.24) is 5.32 Å². The van der Waals surface area contributed by atoms with Crippen LogP contribution < -0.4 is 10.2 Å². The minimum atomic E-state index is 0.636. The molecule has 0 aromatic heterocycles. The molecule has 42 heavy (non-hydrogen) atoms. The lowest BCUT2D eigenvalue weighted by Gasteiger charge is -2.38. The quantitative estimate of drug-likeness (QED) is 0.305. The van der Waals surface area contributed by atoms with Gasteiger partial charge < -0.3 is 10.2 Å². The van der Waals surface area contributed by atoms with Gasteiger partial charge in [0.2, 0.25) is 0 Å². The smallest absolute Gasteiger partial charge is 0.0414 e. The van der Waals surface area contributed by atoms with Gasteiger partial charge in [0.1, 0.15) is 0 Å². The van der Waals surface area contributed by atoms with Crippen LogP contribution in [0.15, 0.2) is 60.9 Å². The molecule has 232 valence electrons. The van der Waals surface area contributed by atoms with Crippen LogP contribution in [0.25, 0.3) is 5.57 Å². The third-order valence-electron chi connectivity index (χ3n) is 9.66. The van der Waals surface area contributed by atoms with E-state index in [1.165, 1.54) is 104 Å². The molecule has 0 saturated heterocycles. The van der Waals surface area contributed by atoms with E-state index in [9.17, 15) is 0 Å². The van der Waals surface area contributed by atoms with Crippen LogP contribution in [0.2, 0.25) is 0 Å². The fourth-order valence-corrected chi connectivity index (χ4v) is 6.85. The molecule has 2 nitrogen and oxygen atoms in total. The predicted octanol–water partition coefficient (Wildman–Crippen LogP) is 11.6. The van der Waals surface area contributed by atoms with E-state index in [0.29, 0.717) is 12.0 Å². The second-order valence-electron chi connectivity index (χ2n) is 12.5. The van der Waals surface area contributed by atoms with Crippen molar-refractivity contribution in [3.05, 3.63) is 83.2 Å². The first-order valence-corrected chi connectivity index (χ1v) is 17.6. The normalized spacial score (nSPS) is 20.9. The molecule has 0 atom stereocenters. The van der Waals surface area contributed by atoms with Gasteiger partial charge in [-0.05, 0) is 129 Å². The van der Waals surface area contributed by atoms with E-state index < -0.39 is 0 Å². The molecule has 0 spiro atoms. The van der Waals surface area contributed by atoms with Crippen LogP contribution in [0.4, 0.5) is 5.69 Å². The number of hydrogen-bond acceptors (Lipinski definition) is 2. The molecule has 2 heteroatoms. The summed E-state index contributed by atoms with van der Waals surface area (Å²) in [5.41, 5.74) is 9.89. The number of nitrogens with zero attached hydrogens (tertiary/aromatic N) is 1. The molecule has 1 N–H and O–H groups in total. The predicted molar refractivity (Wildman–Crippen MR) is 187 cm³/mol. The van der Waals surface area contributed by atoms with Crippen molar-refractivity contribution < 1.29 is 0 Å². The van der Waals surface area contributed by atoms with Crippen LogP contribution in [-0.4, -0.2) is 12.6 Å². The molecule has 0 heterocycles. The van der Waals surface area contributed by atoms with Crippen LogP contribution in [0.5, 0.6) is 0 Å². The molecule has 0 unspecified atom stereocenters. The molecule has 3 aliphatic rings. The molecule has 3 saturated carbocycles. The van der Waals surface area contributed by atoms with Gasteiger partial charge in [0.25, 0.3) is 0 Å². The summed E-state index contributed by atoms with van der Waals surface area (Å²) in [7, 11) is 0. The van der Waals surface area contributed by atoms with E-state index in [0.717, 1.165) is 24.8 Å². The Bertz CT molecular complexity index is 1110. The fourth-order valence-electron chi connectivity index (χ4n) is 6.85. The van der Waals surface area contributed by atoms with Crippen LogP contribution in [0.1, 0.15) is 140 Å². The first kappa shape index (κ1) is 34.0. The minimum Gasteiger partial charge on any atom is -0.388 e. The third-order valence-corrected chi connectivity index (χ3v) is 9.66. The summed E-state index contributed by atoms with van der Waals surface area (Å²) < 4.78 is 0. The lowest BCUT2D eigenvalue weighted by Crippen LogP contribution is -2.34. The Kier molecular flexibility index (Phi) is 14.2. The molecule has 3 fully saturated rings. The Morgan fingerprint density at radius 1 is 0.881 bits per heavy atom. The molecular weight excluding hydrogens is 508 g/mol. The Labute approximate surface area is 260 Å². The van der Waals surface area contributed by atoms with E-state index in [1.807, 2.05) is 27.7 Å². The highest BCUT2D eigenvalue weighted by Crippen LogP contribution is 2.40. The molecule has 0 amide bonds. The van der Waals surface area contributed by atoms with Gasteiger partial charge in [0, 0.05) is 30.2 Å². The average Bonchev–Trinajstić information content (AvgIpc) is 3.89. The molecule has 2 aromatic carbocycles. The van der Waals surface area contributed by atoms with Gasteiger partial charge in [-0.25, -0.2) is 0 Å². The van der Waals surface area contributed by atoms with Gasteiger partial charge >= 0.3 is 0 Å². The van der Waals surface area contributed by atoms with Gasteiger partial charge in [-0.3, -0.25) is 0 Å². The highest BCUT2D eigenvalue weighted by molar-refractivity contribution is 5.68. The number of hydrogen-bond donors (Lipinski definition) is 1. The Hall–Kier alpha value is -2.48.